The number of halogens is 1. The normalized spacial score (nSPS) is 15.3. The summed E-state index contributed by atoms with van der Waals surface area (Å²) in [4.78, 5) is 20.5. The first-order valence-corrected chi connectivity index (χ1v) is 8.36. The van der Waals surface area contributed by atoms with Crippen LogP contribution in [-0.2, 0) is 11.3 Å². The SMILES string of the molecule is O=C(COc1ccccc1Cl)N1CCN(Cc2ccncc2)CC1. The third-order valence-electron chi connectivity index (χ3n) is 4.07. The summed E-state index contributed by atoms with van der Waals surface area (Å²) < 4.78 is 5.53. The van der Waals surface area contributed by atoms with E-state index < -0.39 is 0 Å². The second kappa shape index (κ2) is 8.13. The molecule has 2 heterocycles. The number of nitrogens with zero attached hydrogens (tertiary/aromatic N) is 3. The molecule has 24 heavy (non-hydrogen) atoms. The van der Waals surface area contributed by atoms with Crippen molar-refractivity contribution in [1.29, 1.82) is 0 Å². The molecule has 126 valence electrons. The fraction of sp³-hybridized carbons (Fsp3) is 0.333. The van der Waals surface area contributed by atoms with Crippen LogP contribution in [-0.4, -0.2) is 53.5 Å². The van der Waals surface area contributed by atoms with Gasteiger partial charge in [-0.3, -0.25) is 14.7 Å². The predicted molar refractivity (Wildman–Crippen MR) is 93.0 cm³/mol. The molecule has 1 aliphatic rings. The molecule has 0 radical (unpaired) electrons. The summed E-state index contributed by atoms with van der Waals surface area (Å²) in [6.07, 6.45) is 3.61. The van der Waals surface area contributed by atoms with Gasteiger partial charge in [-0.05, 0) is 29.8 Å². The summed E-state index contributed by atoms with van der Waals surface area (Å²) in [5.41, 5.74) is 1.24. The van der Waals surface area contributed by atoms with Crippen molar-refractivity contribution in [3.8, 4) is 5.75 Å². The molecule has 0 atom stereocenters. The second-order valence-electron chi connectivity index (χ2n) is 5.73. The average molecular weight is 346 g/mol. The number of benzene rings is 1. The van der Waals surface area contributed by atoms with Crippen LogP contribution in [0.5, 0.6) is 5.75 Å². The van der Waals surface area contributed by atoms with E-state index in [1.54, 1.807) is 24.5 Å². The zero-order valence-electron chi connectivity index (χ0n) is 13.4. The molecule has 5 nitrogen and oxygen atoms in total. The van der Waals surface area contributed by atoms with E-state index in [0.29, 0.717) is 10.8 Å². The number of hydrogen-bond acceptors (Lipinski definition) is 4. The van der Waals surface area contributed by atoms with Gasteiger partial charge in [-0.2, -0.15) is 0 Å². The Bertz CT molecular complexity index is 673. The molecular weight excluding hydrogens is 326 g/mol. The minimum atomic E-state index is -0.00141. The summed E-state index contributed by atoms with van der Waals surface area (Å²) >= 11 is 6.03. The van der Waals surface area contributed by atoms with Crippen LogP contribution in [0.4, 0.5) is 0 Å². The third-order valence-corrected chi connectivity index (χ3v) is 4.38. The van der Waals surface area contributed by atoms with Gasteiger partial charge in [0.25, 0.3) is 5.91 Å². The highest BCUT2D eigenvalue weighted by atomic mass is 35.5. The molecule has 1 aromatic carbocycles. The van der Waals surface area contributed by atoms with Crippen molar-refractivity contribution < 1.29 is 9.53 Å². The highest BCUT2D eigenvalue weighted by Gasteiger charge is 2.21. The van der Waals surface area contributed by atoms with Crippen molar-refractivity contribution in [2.45, 2.75) is 6.54 Å². The minimum absolute atomic E-state index is 0.00141. The summed E-state index contributed by atoms with van der Waals surface area (Å²) in [5.74, 6) is 0.544. The largest absolute Gasteiger partial charge is 0.482 e. The van der Waals surface area contributed by atoms with Gasteiger partial charge in [0.05, 0.1) is 5.02 Å². The van der Waals surface area contributed by atoms with E-state index >= 15 is 0 Å². The van der Waals surface area contributed by atoms with E-state index in [9.17, 15) is 4.79 Å². The zero-order valence-corrected chi connectivity index (χ0v) is 14.2. The van der Waals surface area contributed by atoms with Crippen LogP contribution < -0.4 is 4.74 Å². The summed E-state index contributed by atoms with van der Waals surface area (Å²) in [6.45, 7) is 4.07. The van der Waals surface area contributed by atoms with Gasteiger partial charge < -0.3 is 9.64 Å². The molecule has 1 amide bonds. The average Bonchev–Trinajstić information content (AvgIpc) is 2.62. The van der Waals surface area contributed by atoms with Crippen LogP contribution in [0.15, 0.2) is 48.8 Å². The number of hydrogen-bond donors (Lipinski definition) is 0. The molecule has 1 saturated heterocycles. The van der Waals surface area contributed by atoms with Crippen LogP contribution >= 0.6 is 11.6 Å². The molecule has 0 unspecified atom stereocenters. The zero-order chi connectivity index (χ0) is 16.8. The highest BCUT2D eigenvalue weighted by molar-refractivity contribution is 6.32. The van der Waals surface area contributed by atoms with E-state index in [4.69, 9.17) is 16.3 Å². The fourth-order valence-corrected chi connectivity index (χ4v) is 2.88. The molecule has 1 aromatic heterocycles. The molecule has 1 fully saturated rings. The molecular formula is C18H20ClN3O2. The number of carbonyl (C=O) groups excluding carboxylic acids is 1. The third kappa shape index (κ3) is 4.46. The van der Waals surface area contributed by atoms with Gasteiger partial charge in [0.2, 0.25) is 0 Å². The maximum Gasteiger partial charge on any atom is 0.260 e. The Morgan fingerprint density at radius 3 is 2.50 bits per heavy atom. The Hall–Kier alpha value is -2.11. The van der Waals surface area contributed by atoms with Gasteiger partial charge in [0, 0.05) is 45.1 Å². The topological polar surface area (TPSA) is 45.7 Å². The van der Waals surface area contributed by atoms with Gasteiger partial charge in [-0.1, -0.05) is 23.7 Å². The smallest absolute Gasteiger partial charge is 0.260 e. The number of piperazine rings is 1. The Morgan fingerprint density at radius 2 is 1.79 bits per heavy atom. The van der Waals surface area contributed by atoms with Crippen molar-refractivity contribution in [1.82, 2.24) is 14.8 Å². The van der Waals surface area contributed by atoms with Crippen molar-refractivity contribution in [3.63, 3.8) is 0 Å². The van der Waals surface area contributed by atoms with E-state index in [2.05, 4.69) is 9.88 Å². The van der Waals surface area contributed by atoms with Gasteiger partial charge in [0.1, 0.15) is 5.75 Å². The van der Waals surface area contributed by atoms with Gasteiger partial charge in [-0.15, -0.1) is 0 Å². The number of carbonyl (C=O) groups is 1. The second-order valence-corrected chi connectivity index (χ2v) is 6.14. The maximum atomic E-state index is 12.3. The van der Waals surface area contributed by atoms with Crippen LogP contribution in [0.25, 0.3) is 0 Å². The lowest BCUT2D eigenvalue weighted by atomic mass is 10.2. The molecule has 6 heteroatoms. The lowest BCUT2D eigenvalue weighted by Gasteiger charge is -2.34. The molecule has 0 saturated carbocycles. The lowest BCUT2D eigenvalue weighted by Crippen LogP contribution is -2.49. The van der Waals surface area contributed by atoms with Crippen molar-refractivity contribution in [2.75, 3.05) is 32.8 Å². The van der Waals surface area contributed by atoms with Gasteiger partial charge in [0.15, 0.2) is 6.61 Å². The molecule has 3 rings (SSSR count). The van der Waals surface area contributed by atoms with Crippen LogP contribution in [0.1, 0.15) is 5.56 Å². The first kappa shape index (κ1) is 16.7. The number of pyridine rings is 1. The number of rotatable bonds is 5. The minimum Gasteiger partial charge on any atom is -0.482 e. The van der Waals surface area contributed by atoms with Crippen molar-refractivity contribution >= 4 is 17.5 Å². The fourth-order valence-electron chi connectivity index (χ4n) is 2.69. The molecule has 0 bridgehead atoms. The van der Waals surface area contributed by atoms with E-state index in [0.717, 1.165) is 32.7 Å². The highest BCUT2D eigenvalue weighted by Crippen LogP contribution is 2.23. The standard InChI is InChI=1S/C18H20ClN3O2/c19-16-3-1-2-4-17(16)24-14-18(23)22-11-9-21(10-12-22)13-15-5-7-20-8-6-15/h1-8H,9-14H2. The van der Waals surface area contributed by atoms with Crippen molar-refractivity contribution in [2.24, 2.45) is 0 Å². The monoisotopic (exact) mass is 345 g/mol. The quantitative estimate of drug-likeness (QED) is 0.835. The summed E-state index contributed by atoms with van der Waals surface area (Å²) in [7, 11) is 0. The molecule has 0 spiro atoms. The van der Waals surface area contributed by atoms with Crippen molar-refractivity contribution in [3.05, 3.63) is 59.4 Å². The number of amides is 1. The number of ether oxygens (including phenoxy) is 1. The Balaban J connectivity index is 1.44. The lowest BCUT2D eigenvalue weighted by molar-refractivity contribution is -0.135. The van der Waals surface area contributed by atoms with Crippen LogP contribution in [0.3, 0.4) is 0 Å². The van der Waals surface area contributed by atoms with E-state index in [-0.39, 0.29) is 12.5 Å². The first-order chi connectivity index (χ1) is 11.7. The summed E-state index contributed by atoms with van der Waals surface area (Å²) in [5, 5.41) is 0.521. The molecule has 2 aromatic rings. The van der Waals surface area contributed by atoms with Crippen LogP contribution in [0, 0.1) is 0 Å². The van der Waals surface area contributed by atoms with E-state index in [1.165, 1.54) is 5.56 Å². The van der Waals surface area contributed by atoms with Gasteiger partial charge in [-0.25, -0.2) is 0 Å². The Labute approximate surface area is 146 Å². The van der Waals surface area contributed by atoms with E-state index in [1.807, 2.05) is 29.2 Å². The predicted octanol–water partition coefficient (Wildman–Crippen LogP) is 2.46. The number of para-hydroxylation sites is 1. The Morgan fingerprint density at radius 1 is 1.08 bits per heavy atom. The van der Waals surface area contributed by atoms with Gasteiger partial charge >= 0.3 is 0 Å². The summed E-state index contributed by atoms with van der Waals surface area (Å²) in [6, 6.07) is 11.2. The molecule has 0 N–H and O–H groups in total. The molecule has 0 aliphatic carbocycles. The number of aromatic nitrogens is 1. The Kier molecular flexibility index (Phi) is 5.67. The first-order valence-electron chi connectivity index (χ1n) is 7.99. The van der Waals surface area contributed by atoms with Crippen LogP contribution in [0.2, 0.25) is 5.02 Å². The maximum absolute atomic E-state index is 12.3. The molecule has 1 aliphatic heterocycles.